The Balaban J connectivity index is 2.53. The van der Waals surface area contributed by atoms with Crippen LogP contribution in [-0.4, -0.2) is 31.4 Å². The maximum Gasteiger partial charge on any atom is 0.197 e. The molecular formula is C16H14O5. The van der Waals surface area contributed by atoms with Gasteiger partial charge in [0.2, 0.25) is 0 Å². The van der Waals surface area contributed by atoms with Crippen molar-refractivity contribution in [2.45, 2.75) is 0 Å². The van der Waals surface area contributed by atoms with Crippen LogP contribution in [0.1, 0.15) is 26.3 Å². The van der Waals surface area contributed by atoms with Gasteiger partial charge in [-0.2, -0.15) is 0 Å². The van der Waals surface area contributed by atoms with E-state index in [4.69, 9.17) is 9.47 Å². The fourth-order valence-electron chi connectivity index (χ4n) is 2.02. The van der Waals surface area contributed by atoms with Gasteiger partial charge in [0.1, 0.15) is 5.75 Å². The second-order valence-corrected chi connectivity index (χ2v) is 4.26. The highest BCUT2D eigenvalue weighted by molar-refractivity contribution is 6.14. The summed E-state index contributed by atoms with van der Waals surface area (Å²) in [5.74, 6) is 0.184. The van der Waals surface area contributed by atoms with E-state index in [2.05, 4.69) is 0 Å². The van der Waals surface area contributed by atoms with Gasteiger partial charge in [0.15, 0.2) is 23.6 Å². The molecule has 0 saturated carbocycles. The smallest absolute Gasteiger partial charge is 0.197 e. The summed E-state index contributed by atoms with van der Waals surface area (Å²) in [5.41, 5.74) is 0.395. The van der Waals surface area contributed by atoms with Crippen LogP contribution in [0.25, 0.3) is 0 Å². The van der Waals surface area contributed by atoms with E-state index in [1.54, 1.807) is 12.1 Å². The predicted molar refractivity (Wildman–Crippen MR) is 76.5 cm³/mol. The highest BCUT2D eigenvalue weighted by Gasteiger charge is 2.19. The third kappa shape index (κ3) is 2.72. The van der Waals surface area contributed by atoms with E-state index in [-0.39, 0.29) is 22.4 Å². The lowest BCUT2D eigenvalue weighted by molar-refractivity contribution is 0.102. The fraction of sp³-hybridized carbons (Fsp3) is 0.125. The molecule has 0 amide bonds. The van der Waals surface area contributed by atoms with Crippen LogP contribution in [0.5, 0.6) is 17.2 Å². The third-order valence-electron chi connectivity index (χ3n) is 3.07. The molecule has 0 atom stereocenters. The monoisotopic (exact) mass is 286 g/mol. The van der Waals surface area contributed by atoms with Crippen molar-refractivity contribution in [2.75, 3.05) is 14.2 Å². The molecule has 1 N–H and O–H groups in total. The number of rotatable bonds is 5. The Kier molecular flexibility index (Phi) is 4.23. The number of aldehydes is 1. The van der Waals surface area contributed by atoms with Crippen LogP contribution in [0.15, 0.2) is 36.4 Å². The van der Waals surface area contributed by atoms with E-state index in [1.807, 2.05) is 0 Å². The summed E-state index contributed by atoms with van der Waals surface area (Å²) >= 11 is 0. The van der Waals surface area contributed by atoms with Crippen molar-refractivity contribution in [1.82, 2.24) is 0 Å². The molecule has 0 saturated heterocycles. The maximum atomic E-state index is 12.5. The zero-order valence-electron chi connectivity index (χ0n) is 11.6. The Labute approximate surface area is 121 Å². The molecule has 0 aromatic heterocycles. The molecule has 21 heavy (non-hydrogen) atoms. The summed E-state index contributed by atoms with van der Waals surface area (Å²) in [6.07, 6.45) is 0.535. The lowest BCUT2D eigenvalue weighted by Gasteiger charge is -2.10. The van der Waals surface area contributed by atoms with Gasteiger partial charge in [-0.05, 0) is 24.3 Å². The summed E-state index contributed by atoms with van der Waals surface area (Å²) in [5, 5.41) is 9.85. The number of hydrogen-bond acceptors (Lipinski definition) is 5. The van der Waals surface area contributed by atoms with Gasteiger partial charge in [0, 0.05) is 11.1 Å². The van der Waals surface area contributed by atoms with Crippen molar-refractivity contribution in [2.24, 2.45) is 0 Å². The second kappa shape index (κ2) is 6.09. The van der Waals surface area contributed by atoms with Crippen molar-refractivity contribution >= 4 is 12.1 Å². The van der Waals surface area contributed by atoms with Gasteiger partial charge in [-0.15, -0.1) is 0 Å². The van der Waals surface area contributed by atoms with Crippen molar-refractivity contribution in [3.8, 4) is 17.2 Å². The Bertz CT molecular complexity index is 691. The Morgan fingerprint density at radius 2 is 1.81 bits per heavy atom. The summed E-state index contributed by atoms with van der Waals surface area (Å²) in [7, 11) is 2.95. The minimum absolute atomic E-state index is 0.0280. The minimum Gasteiger partial charge on any atom is -0.507 e. The van der Waals surface area contributed by atoms with Crippen molar-refractivity contribution in [3.05, 3.63) is 53.1 Å². The van der Waals surface area contributed by atoms with Gasteiger partial charge in [-0.1, -0.05) is 12.1 Å². The molecular weight excluding hydrogens is 272 g/mol. The summed E-state index contributed by atoms with van der Waals surface area (Å²) in [6.45, 7) is 0. The molecule has 0 radical (unpaired) electrons. The molecule has 0 fully saturated rings. The Morgan fingerprint density at radius 3 is 2.43 bits per heavy atom. The van der Waals surface area contributed by atoms with Gasteiger partial charge in [0.25, 0.3) is 0 Å². The number of ketones is 1. The largest absolute Gasteiger partial charge is 0.507 e. The number of ether oxygens (including phenoxy) is 2. The van der Waals surface area contributed by atoms with Crippen molar-refractivity contribution < 1.29 is 24.2 Å². The van der Waals surface area contributed by atoms with Crippen LogP contribution >= 0.6 is 0 Å². The van der Waals surface area contributed by atoms with E-state index >= 15 is 0 Å². The molecule has 5 heteroatoms. The number of benzene rings is 2. The summed E-state index contributed by atoms with van der Waals surface area (Å²) in [4.78, 5) is 23.5. The Morgan fingerprint density at radius 1 is 1.10 bits per heavy atom. The standard InChI is InChI=1S/C16H14O5/c1-20-13-7-6-10(8-14(13)21-2)16(19)15-11(9-17)4-3-5-12(15)18/h3-9,18H,1-2H3. The van der Waals surface area contributed by atoms with Crippen LogP contribution in [0.3, 0.4) is 0 Å². The van der Waals surface area contributed by atoms with Crippen LogP contribution in [0, 0.1) is 0 Å². The molecule has 2 rings (SSSR count). The molecule has 5 nitrogen and oxygen atoms in total. The van der Waals surface area contributed by atoms with E-state index in [0.717, 1.165) is 0 Å². The minimum atomic E-state index is -0.462. The molecule has 108 valence electrons. The predicted octanol–water partition coefficient (Wildman–Crippen LogP) is 2.45. The maximum absolute atomic E-state index is 12.5. The lowest BCUT2D eigenvalue weighted by Crippen LogP contribution is -2.06. The van der Waals surface area contributed by atoms with Crippen molar-refractivity contribution in [1.29, 1.82) is 0 Å². The summed E-state index contributed by atoms with van der Waals surface area (Å²) < 4.78 is 10.2. The van der Waals surface area contributed by atoms with Crippen LogP contribution in [-0.2, 0) is 0 Å². The molecule has 0 heterocycles. The average Bonchev–Trinajstić information content (AvgIpc) is 2.53. The Hall–Kier alpha value is -2.82. The van der Waals surface area contributed by atoms with E-state index < -0.39 is 5.78 Å². The number of carbonyl (C=O) groups excluding carboxylic acids is 2. The first-order valence-electron chi connectivity index (χ1n) is 6.16. The highest BCUT2D eigenvalue weighted by atomic mass is 16.5. The molecule has 2 aromatic carbocycles. The number of phenolic OH excluding ortho intramolecular Hbond substituents is 1. The normalized spacial score (nSPS) is 10.0. The van der Waals surface area contributed by atoms with E-state index in [0.29, 0.717) is 17.8 Å². The lowest BCUT2D eigenvalue weighted by atomic mass is 9.97. The molecule has 0 bridgehead atoms. The van der Waals surface area contributed by atoms with Crippen LogP contribution in [0.4, 0.5) is 0 Å². The number of carbonyl (C=O) groups is 2. The molecule has 0 unspecified atom stereocenters. The van der Waals surface area contributed by atoms with Gasteiger partial charge >= 0.3 is 0 Å². The summed E-state index contributed by atoms with van der Waals surface area (Å²) in [6, 6.07) is 8.98. The first-order chi connectivity index (χ1) is 10.1. The zero-order chi connectivity index (χ0) is 15.4. The topological polar surface area (TPSA) is 72.8 Å². The van der Waals surface area contributed by atoms with Gasteiger partial charge in [0.05, 0.1) is 19.8 Å². The van der Waals surface area contributed by atoms with Gasteiger partial charge < -0.3 is 14.6 Å². The number of aromatic hydroxyl groups is 1. The molecule has 0 aliphatic rings. The second-order valence-electron chi connectivity index (χ2n) is 4.26. The van der Waals surface area contributed by atoms with Gasteiger partial charge in [-0.3, -0.25) is 9.59 Å². The number of methoxy groups -OCH3 is 2. The fourth-order valence-corrected chi connectivity index (χ4v) is 2.02. The van der Waals surface area contributed by atoms with Crippen LogP contribution in [0.2, 0.25) is 0 Å². The van der Waals surface area contributed by atoms with E-state index in [9.17, 15) is 14.7 Å². The highest BCUT2D eigenvalue weighted by Crippen LogP contribution is 2.30. The van der Waals surface area contributed by atoms with Crippen LogP contribution < -0.4 is 9.47 Å². The van der Waals surface area contributed by atoms with Crippen molar-refractivity contribution in [3.63, 3.8) is 0 Å². The first-order valence-corrected chi connectivity index (χ1v) is 6.16. The quantitative estimate of drug-likeness (QED) is 0.675. The molecule has 0 spiro atoms. The molecule has 0 aliphatic carbocycles. The average molecular weight is 286 g/mol. The van der Waals surface area contributed by atoms with Gasteiger partial charge in [-0.25, -0.2) is 0 Å². The van der Waals surface area contributed by atoms with E-state index in [1.165, 1.54) is 38.5 Å². The SMILES string of the molecule is COc1ccc(C(=O)c2c(O)cccc2C=O)cc1OC. The zero-order valence-corrected chi connectivity index (χ0v) is 11.6. The molecule has 2 aromatic rings. The third-order valence-corrected chi connectivity index (χ3v) is 3.07. The molecule has 0 aliphatic heterocycles. The first kappa shape index (κ1) is 14.6. The number of hydrogen-bond donors (Lipinski definition) is 1. The number of phenols is 1.